The summed E-state index contributed by atoms with van der Waals surface area (Å²) < 4.78 is 18.8. The minimum Gasteiger partial charge on any atom is -0.496 e. The number of pyridine rings is 1. The fraction of sp³-hybridized carbons (Fsp3) is 0.250. The van der Waals surface area contributed by atoms with Gasteiger partial charge in [-0.3, -0.25) is 4.79 Å². The van der Waals surface area contributed by atoms with E-state index in [4.69, 9.17) is 22.1 Å². The molecule has 0 aliphatic heterocycles. The van der Waals surface area contributed by atoms with Crippen LogP contribution in [0.5, 0.6) is 5.75 Å². The van der Waals surface area contributed by atoms with Crippen LogP contribution in [0.4, 0.5) is 10.2 Å². The highest BCUT2D eigenvalue weighted by molar-refractivity contribution is 6.33. The van der Waals surface area contributed by atoms with Crippen LogP contribution in [-0.2, 0) is 0 Å². The zero-order chi connectivity index (χ0) is 17.0. The maximum absolute atomic E-state index is 13.5. The van der Waals surface area contributed by atoms with Crippen molar-refractivity contribution in [3.05, 3.63) is 52.4 Å². The second-order valence-corrected chi connectivity index (χ2v) is 5.32. The Kier molecular flexibility index (Phi) is 5.39. The zero-order valence-corrected chi connectivity index (χ0v) is 13.5. The van der Waals surface area contributed by atoms with Crippen LogP contribution in [-0.4, -0.2) is 18.0 Å². The lowest BCUT2D eigenvalue weighted by Crippen LogP contribution is -2.28. The number of nitrogens with two attached hydrogens (primary N) is 1. The van der Waals surface area contributed by atoms with Crippen molar-refractivity contribution in [1.82, 2.24) is 10.3 Å². The lowest BCUT2D eigenvalue weighted by atomic mass is 10.0. The minimum atomic E-state index is -0.413. The topological polar surface area (TPSA) is 77.2 Å². The molecule has 0 radical (unpaired) electrons. The van der Waals surface area contributed by atoms with Gasteiger partial charge in [-0.05, 0) is 30.7 Å². The lowest BCUT2D eigenvalue weighted by molar-refractivity contribution is 0.0934. The van der Waals surface area contributed by atoms with Crippen molar-refractivity contribution in [2.75, 3.05) is 12.8 Å². The molecule has 0 aliphatic rings. The number of rotatable bonds is 5. The van der Waals surface area contributed by atoms with E-state index in [1.54, 1.807) is 0 Å². The van der Waals surface area contributed by atoms with Crippen LogP contribution in [0.25, 0.3) is 0 Å². The fourth-order valence-electron chi connectivity index (χ4n) is 2.19. The maximum Gasteiger partial charge on any atom is 0.253 e. The zero-order valence-electron chi connectivity index (χ0n) is 12.8. The van der Waals surface area contributed by atoms with Crippen LogP contribution in [0.2, 0.25) is 5.02 Å². The van der Waals surface area contributed by atoms with E-state index in [1.165, 1.54) is 37.6 Å². The molecule has 23 heavy (non-hydrogen) atoms. The molecule has 0 spiro atoms. The van der Waals surface area contributed by atoms with Crippen molar-refractivity contribution in [2.24, 2.45) is 0 Å². The molecule has 0 aliphatic carbocycles. The molecular weight excluding hydrogens is 321 g/mol. The maximum atomic E-state index is 13.5. The van der Waals surface area contributed by atoms with Crippen molar-refractivity contribution in [2.45, 2.75) is 19.4 Å². The van der Waals surface area contributed by atoms with Crippen molar-refractivity contribution in [3.8, 4) is 5.75 Å². The van der Waals surface area contributed by atoms with E-state index in [-0.39, 0.29) is 22.3 Å². The van der Waals surface area contributed by atoms with Gasteiger partial charge in [-0.15, -0.1) is 0 Å². The van der Waals surface area contributed by atoms with Crippen LogP contribution in [0.15, 0.2) is 30.5 Å². The molecular formula is C16H17ClFN3O2. The molecule has 1 aromatic heterocycles. The molecule has 3 N–H and O–H groups in total. The van der Waals surface area contributed by atoms with Crippen LogP contribution in [0.1, 0.15) is 35.3 Å². The number of halogens is 2. The largest absolute Gasteiger partial charge is 0.496 e. The quantitative estimate of drug-likeness (QED) is 0.877. The number of ether oxygens (including phenoxy) is 1. The summed E-state index contributed by atoms with van der Waals surface area (Å²) in [5.74, 6) is -0.114. The Hall–Kier alpha value is -2.34. The number of carbonyl (C=O) groups is 1. The molecule has 0 saturated carbocycles. The number of benzene rings is 1. The Balaban J connectivity index is 2.27. The van der Waals surface area contributed by atoms with E-state index < -0.39 is 11.9 Å². The molecule has 7 heteroatoms. The number of carbonyl (C=O) groups excluding carboxylic acids is 1. The van der Waals surface area contributed by atoms with Gasteiger partial charge in [-0.2, -0.15) is 0 Å². The Morgan fingerprint density at radius 2 is 2.22 bits per heavy atom. The lowest BCUT2D eigenvalue weighted by Gasteiger charge is -2.20. The van der Waals surface area contributed by atoms with Gasteiger partial charge in [0.2, 0.25) is 0 Å². The van der Waals surface area contributed by atoms with E-state index >= 15 is 0 Å². The summed E-state index contributed by atoms with van der Waals surface area (Å²) in [6.07, 6.45) is 1.90. The van der Waals surface area contributed by atoms with E-state index in [1.807, 2.05) is 6.92 Å². The van der Waals surface area contributed by atoms with Gasteiger partial charge in [0.15, 0.2) is 0 Å². The Bertz CT molecular complexity index is 724. The molecule has 1 amide bonds. The average Bonchev–Trinajstić information content (AvgIpc) is 2.54. The number of nitrogens with one attached hydrogen (secondary N) is 1. The summed E-state index contributed by atoms with van der Waals surface area (Å²) in [5.41, 5.74) is 6.37. The minimum absolute atomic E-state index is 0.155. The Morgan fingerprint density at radius 3 is 2.83 bits per heavy atom. The second-order valence-electron chi connectivity index (χ2n) is 4.91. The van der Waals surface area contributed by atoms with Crippen LogP contribution in [0, 0.1) is 5.82 Å². The standard InChI is InChI=1S/C16H17ClFN3O2/c1-3-13(11-7-10(18)4-5-14(11)23-2)21-16(22)9-6-12(17)15(19)20-8-9/h4-8,13H,3H2,1-2H3,(H2,19,20)(H,21,22). The molecule has 2 aromatic rings. The SMILES string of the molecule is CCC(NC(=O)c1cnc(N)c(Cl)c1)c1cc(F)ccc1OC. The predicted molar refractivity (Wildman–Crippen MR) is 87.1 cm³/mol. The Labute approximate surface area is 138 Å². The van der Waals surface area contributed by atoms with Crippen molar-refractivity contribution in [1.29, 1.82) is 0 Å². The van der Waals surface area contributed by atoms with E-state index in [0.29, 0.717) is 17.7 Å². The highest BCUT2D eigenvalue weighted by Crippen LogP contribution is 2.28. The first-order valence-corrected chi connectivity index (χ1v) is 7.39. The third-order valence-electron chi connectivity index (χ3n) is 3.41. The van der Waals surface area contributed by atoms with Gasteiger partial charge >= 0.3 is 0 Å². The number of anilines is 1. The number of hydrogen-bond acceptors (Lipinski definition) is 4. The molecule has 1 unspecified atom stereocenters. The van der Waals surface area contributed by atoms with E-state index in [0.717, 1.165) is 0 Å². The molecule has 122 valence electrons. The highest BCUT2D eigenvalue weighted by atomic mass is 35.5. The molecule has 1 heterocycles. The van der Waals surface area contributed by atoms with Gasteiger partial charge in [0.25, 0.3) is 5.91 Å². The first-order valence-electron chi connectivity index (χ1n) is 7.01. The first kappa shape index (κ1) is 17.0. The van der Waals surface area contributed by atoms with Crippen molar-refractivity contribution in [3.63, 3.8) is 0 Å². The molecule has 0 fully saturated rings. The Morgan fingerprint density at radius 1 is 1.48 bits per heavy atom. The average molecular weight is 338 g/mol. The summed E-state index contributed by atoms with van der Waals surface area (Å²) in [5, 5.41) is 3.03. The number of amides is 1. The number of aromatic nitrogens is 1. The van der Waals surface area contributed by atoms with Gasteiger partial charge in [0.1, 0.15) is 17.4 Å². The molecule has 0 saturated heterocycles. The fourth-order valence-corrected chi connectivity index (χ4v) is 2.36. The van der Waals surface area contributed by atoms with Crippen molar-refractivity contribution >= 4 is 23.3 Å². The van der Waals surface area contributed by atoms with E-state index in [9.17, 15) is 9.18 Å². The molecule has 0 bridgehead atoms. The normalized spacial score (nSPS) is 11.8. The summed E-state index contributed by atoms with van der Waals surface area (Å²) in [6.45, 7) is 1.88. The van der Waals surface area contributed by atoms with Gasteiger partial charge < -0.3 is 15.8 Å². The number of hydrogen-bond donors (Lipinski definition) is 2. The number of nitrogen functional groups attached to an aromatic ring is 1. The van der Waals surface area contributed by atoms with Crippen molar-refractivity contribution < 1.29 is 13.9 Å². The second kappa shape index (κ2) is 7.28. The molecule has 1 aromatic carbocycles. The predicted octanol–water partition coefficient (Wildman–Crippen LogP) is 3.35. The molecule has 5 nitrogen and oxygen atoms in total. The molecule has 2 rings (SSSR count). The highest BCUT2D eigenvalue weighted by Gasteiger charge is 2.19. The van der Waals surface area contributed by atoms with Gasteiger partial charge in [0.05, 0.1) is 23.7 Å². The van der Waals surface area contributed by atoms with Crippen LogP contribution < -0.4 is 15.8 Å². The van der Waals surface area contributed by atoms with Crippen LogP contribution in [0.3, 0.4) is 0 Å². The summed E-state index contributed by atoms with van der Waals surface area (Å²) in [7, 11) is 1.49. The first-order chi connectivity index (χ1) is 11.0. The van der Waals surface area contributed by atoms with Gasteiger partial charge in [-0.25, -0.2) is 9.37 Å². The summed E-state index contributed by atoms with van der Waals surface area (Å²) in [6, 6.07) is 5.21. The van der Waals surface area contributed by atoms with Gasteiger partial charge in [0, 0.05) is 11.8 Å². The number of nitrogens with zero attached hydrogens (tertiary/aromatic N) is 1. The van der Waals surface area contributed by atoms with E-state index in [2.05, 4.69) is 10.3 Å². The third kappa shape index (κ3) is 3.90. The monoisotopic (exact) mass is 337 g/mol. The third-order valence-corrected chi connectivity index (χ3v) is 3.72. The summed E-state index contributed by atoms with van der Waals surface area (Å²) in [4.78, 5) is 16.2. The number of methoxy groups -OCH3 is 1. The summed E-state index contributed by atoms with van der Waals surface area (Å²) >= 11 is 5.88. The van der Waals surface area contributed by atoms with Gasteiger partial charge in [-0.1, -0.05) is 18.5 Å². The smallest absolute Gasteiger partial charge is 0.253 e. The van der Waals surface area contributed by atoms with Crippen LogP contribution >= 0.6 is 11.6 Å². The molecule has 1 atom stereocenters.